The molecule has 0 fully saturated rings. The molecule has 92 valence electrons. The Morgan fingerprint density at radius 1 is 1.47 bits per heavy atom. The van der Waals surface area contributed by atoms with Crippen LogP contribution in [0.25, 0.3) is 0 Å². The van der Waals surface area contributed by atoms with E-state index in [-0.39, 0.29) is 30.8 Å². The van der Waals surface area contributed by atoms with E-state index in [1.165, 1.54) is 0 Å². The highest BCUT2D eigenvalue weighted by atomic mass is 35.5. The molecule has 0 saturated carbocycles. The number of halogens is 1. The average molecular weight is 255 g/mol. The van der Waals surface area contributed by atoms with Crippen LogP contribution in [0.5, 0.6) is 0 Å². The summed E-state index contributed by atoms with van der Waals surface area (Å²) < 4.78 is 4.81. The minimum atomic E-state index is -0.383. The molecule has 4 nitrogen and oxygen atoms in total. The zero-order valence-corrected chi connectivity index (χ0v) is 10.4. The van der Waals surface area contributed by atoms with Gasteiger partial charge in [0.15, 0.2) is 0 Å². The Labute approximate surface area is 107 Å². The molecule has 5 heteroatoms. The van der Waals surface area contributed by atoms with E-state index in [4.69, 9.17) is 15.7 Å². The molecular weight excluding hydrogens is 240 g/mol. The maximum Gasteiger partial charge on any atom is 0.307 e. The van der Waals surface area contributed by atoms with Crippen molar-refractivity contribution in [2.45, 2.75) is 19.4 Å². The Kier molecular flexibility index (Phi) is 6.95. The van der Waals surface area contributed by atoms with Gasteiger partial charge in [0.1, 0.15) is 0 Å². The highest BCUT2D eigenvalue weighted by Gasteiger charge is 2.12. The van der Waals surface area contributed by atoms with Crippen molar-refractivity contribution in [1.82, 2.24) is 0 Å². The summed E-state index contributed by atoms with van der Waals surface area (Å²) in [6, 6.07) is 8.51. The summed E-state index contributed by atoms with van der Waals surface area (Å²) in [5, 5.41) is 8.63. The molecule has 0 spiro atoms. The summed E-state index contributed by atoms with van der Waals surface area (Å²) in [6.45, 7) is 2.12. The maximum absolute atomic E-state index is 11.2. The zero-order chi connectivity index (χ0) is 12.0. The molecule has 1 aromatic rings. The van der Waals surface area contributed by atoms with Crippen molar-refractivity contribution in [3.05, 3.63) is 35.4 Å². The van der Waals surface area contributed by atoms with Crippen LogP contribution in [-0.4, -0.2) is 12.6 Å². The summed E-state index contributed by atoms with van der Waals surface area (Å²) in [5.41, 5.74) is 7.24. The number of benzene rings is 1. The maximum atomic E-state index is 11.2. The number of hydrogen-bond donors (Lipinski definition) is 1. The van der Waals surface area contributed by atoms with Crippen LogP contribution >= 0.6 is 12.4 Å². The van der Waals surface area contributed by atoms with Gasteiger partial charge >= 0.3 is 5.97 Å². The fourth-order valence-corrected chi connectivity index (χ4v) is 1.32. The molecule has 2 N–H and O–H groups in total. The standard InChI is InChI=1S/C12H14N2O2.ClH/c1-2-16-12(15)7-11(14)10-5-3-9(8-13)4-6-10;/h3-6,11H,2,7,14H2,1H3;1H/t11-;/m1./s1. The Balaban J connectivity index is 0.00000256. The second-order valence-electron chi connectivity index (χ2n) is 3.35. The molecular formula is C12H15ClN2O2. The molecule has 0 radical (unpaired) electrons. The van der Waals surface area contributed by atoms with E-state index in [0.29, 0.717) is 12.2 Å². The van der Waals surface area contributed by atoms with Crippen molar-refractivity contribution in [2.24, 2.45) is 5.73 Å². The van der Waals surface area contributed by atoms with E-state index in [1.807, 2.05) is 6.07 Å². The molecule has 1 atom stereocenters. The van der Waals surface area contributed by atoms with Gasteiger partial charge in [-0.15, -0.1) is 12.4 Å². The minimum absolute atomic E-state index is 0. The largest absolute Gasteiger partial charge is 0.466 e. The third kappa shape index (κ3) is 4.85. The van der Waals surface area contributed by atoms with Crippen molar-refractivity contribution >= 4 is 18.4 Å². The number of ether oxygens (including phenoxy) is 1. The first kappa shape index (κ1) is 15.4. The van der Waals surface area contributed by atoms with Crippen LogP contribution in [0, 0.1) is 11.3 Å². The molecule has 0 aliphatic heterocycles. The Morgan fingerprint density at radius 3 is 2.53 bits per heavy atom. The molecule has 0 heterocycles. The summed E-state index contributed by atoms with van der Waals surface area (Å²) >= 11 is 0. The Morgan fingerprint density at radius 2 is 2.06 bits per heavy atom. The van der Waals surface area contributed by atoms with Crippen molar-refractivity contribution in [1.29, 1.82) is 5.26 Å². The van der Waals surface area contributed by atoms with E-state index in [1.54, 1.807) is 31.2 Å². The van der Waals surface area contributed by atoms with E-state index < -0.39 is 0 Å². The van der Waals surface area contributed by atoms with Crippen LogP contribution in [0.4, 0.5) is 0 Å². The van der Waals surface area contributed by atoms with E-state index in [0.717, 1.165) is 5.56 Å². The molecule has 0 bridgehead atoms. The molecule has 1 aromatic carbocycles. The fourth-order valence-electron chi connectivity index (χ4n) is 1.32. The number of nitrogens with two attached hydrogens (primary N) is 1. The Hall–Kier alpha value is -1.57. The first-order valence-corrected chi connectivity index (χ1v) is 5.08. The quantitative estimate of drug-likeness (QED) is 0.833. The summed E-state index contributed by atoms with van der Waals surface area (Å²) in [4.78, 5) is 11.2. The predicted octanol–water partition coefficient (Wildman–Crippen LogP) is 1.93. The molecule has 17 heavy (non-hydrogen) atoms. The molecule has 0 unspecified atom stereocenters. The summed E-state index contributed by atoms with van der Waals surface area (Å²) in [7, 11) is 0. The highest BCUT2D eigenvalue weighted by Crippen LogP contribution is 2.15. The third-order valence-corrected chi connectivity index (χ3v) is 2.16. The van der Waals surface area contributed by atoms with E-state index in [9.17, 15) is 4.79 Å². The minimum Gasteiger partial charge on any atom is -0.466 e. The molecule has 0 amide bonds. The van der Waals surface area contributed by atoms with Crippen LogP contribution in [0.1, 0.15) is 30.5 Å². The van der Waals surface area contributed by atoms with Gasteiger partial charge < -0.3 is 10.5 Å². The number of carbonyl (C=O) groups excluding carboxylic acids is 1. The van der Waals surface area contributed by atoms with Crippen molar-refractivity contribution in [3.8, 4) is 6.07 Å². The molecule has 0 aliphatic carbocycles. The number of hydrogen-bond acceptors (Lipinski definition) is 4. The Bertz CT molecular complexity index is 398. The molecule has 0 aliphatic rings. The van der Waals surface area contributed by atoms with E-state index in [2.05, 4.69) is 0 Å². The molecule has 0 aromatic heterocycles. The zero-order valence-electron chi connectivity index (χ0n) is 9.55. The monoisotopic (exact) mass is 254 g/mol. The van der Waals surface area contributed by atoms with Crippen LogP contribution in [0.2, 0.25) is 0 Å². The number of rotatable bonds is 4. The van der Waals surface area contributed by atoms with Crippen molar-refractivity contribution < 1.29 is 9.53 Å². The molecule has 1 rings (SSSR count). The lowest BCUT2D eigenvalue weighted by Crippen LogP contribution is -2.17. The number of carbonyl (C=O) groups is 1. The normalized spacial score (nSPS) is 10.9. The summed E-state index contributed by atoms with van der Waals surface area (Å²) in [5.74, 6) is -0.306. The number of nitriles is 1. The van der Waals surface area contributed by atoms with Gasteiger partial charge in [-0.25, -0.2) is 0 Å². The smallest absolute Gasteiger partial charge is 0.307 e. The topological polar surface area (TPSA) is 76.1 Å². The van der Waals surface area contributed by atoms with Gasteiger partial charge in [0.05, 0.1) is 24.7 Å². The van der Waals surface area contributed by atoms with Gasteiger partial charge in [0.2, 0.25) is 0 Å². The van der Waals surface area contributed by atoms with Crippen molar-refractivity contribution in [3.63, 3.8) is 0 Å². The first-order chi connectivity index (χ1) is 7.67. The van der Waals surface area contributed by atoms with Crippen LogP contribution < -0.4 is 5.73 Å². The lowest BCUT2D eigenvalue weighted by Gasteiger charge is -2.10. The highest BCUT2D eigenvalue weighted by molar-refractivity contribution is 5.85. The third-order valence-electron chi connectivity index (χ3n) is 2.16. The average Bonchev–Trinajstić information content (AvgIpc) is 2.29. The first-order valence-electron chi connectivity index (χ1n) is 5.08. The number of esters is 1. The van der Waals surface area contributed by atoms with Gasteiger partial charge in [-0.3, -0.25) is 4.79 Å². The van der Waals surface area contributed by atoms with Gasteiger partial charge in [0, 0.05) is 6.04 Å². The van der Waals surface area contributed by atoms with Crippen molar-refractivity contribution in [2.75, 3.05) is 6.61 Å². The summed E-state index contributed by atoms with van der Waals surface area (Å²) in [6.07, 6.45) is 0.153. The van der Waals surface area contributed by atoms with Gasteiger partial charge in [-0.1, -0.05) is 12.1 Å². The van der Waals surface area contributed by atoms with Crippen LogP contribution in [-0.2, 0) is 9.53 Å². The fraction of sp³-hybridized carbons (Fsp3) is 0.333. The van der Waals surface area contributed by atoms with Gasteiger partial charge in [-0.2, -0.15) is 5.26 Å². The SMILES string of the molecule is CCOC(=O)C[C@@H](N)c1ccc(C#N)cc1.Cl. The number of nitrogens with zero attached hydrogens (tertiary/aromatic N) is 1. The van der Waals surface area contributed by atoms with Crippen LogP contribution in [0.3, 0.4) is 0 Å². The molecule has 0 saturated heterocycles. The van der Waals surface area contributed by atoms with Gasteiger partial charge in [0.25, 0.3) is 0 Å². The van der Waals surface area contributed by atoms with Gasteiger partial charge in [-0.05, 0) is 24.6 Å². The lowest BCUT2D eigenvalue weighted by molar-refractivity contribution is -0.143. The van der Waals surface area contributed by atoms with E-state index >= 15 is 0 Å². The van der Waals surface area contributed by atoms with Crippen LogP contribution in [0.15, 0.2) is 24.3 Å². The second-order valence-corrected chi connectivity index (χ2v) is 3.35. The second kappa shape index (κ2) is 7.66. The predicted molar refractivity (Wildman–Crippen MR) is 66.6 cm³/mol. The lowest BCUT2D eigenvalue weighted by atomic mass is 10.0.